The van der Waals surface area contributed by atoms with Crippen LogP contribution in [0, 0.1) is 15.5 Å². The molecule has 0 fully saturated rings. The van der Waals surface area contributed by atoms with E-state index < -0.39 is 10.7 Å². The van der Waals surface area contributed by atoms with Gasteiger partial charge in [0.15, 0.2) is 0 Å². The Bertz CT molecular complexity index is 347. The number of nitro groups is 1. The van der Waals surface area contributed by atoms with Gasteiger partial charge in [-0.2, -0.15) is 0 Å². The van der Waals surface area contributed by atoms with Crippen LogP contribution in [-0.4, -0.2) is 29.0 Å². The van der Waals surface area contributed by atoms with Gasteiger partial charge >= 0.3 is 5.70 Å². The number of aliphatic hydroxyl groups is 1. The zero-order valence-corrected chi connectivity index (χ0v) is 9.45. The van der Waals surface area contributed by atoms with Gasteiger partial charge in [0.05, 0.1) is 17.2 Å². The number of ketones is 1. The van der Waals surface area contributed by atoms with E-state index in [9.17, 15) is 14.9 Å². The number of carbonyl (C=O) groups excluding carboxylic acids is 1. The van der Waals surface area contributed by atoms with Crippen molar-refractivity contribution >= 4 is 5.78 Å². The van der Waals surface area contributed by atoms with Gasteiger partial charge < -0.3 is 10.4 Å². The molecule has 0 bridgehead atoms. The monoisotopic (exact) mass is 228 g/mol. The SMILES string of the molecule is CC1(C)CC(=O)C([N+](=O)[O-])=C(NCCO)C1. The smallest absolute Gasteiger partial charge is 0.330 e. The summed E-state index contributed by atoms with van der Waals surface area (Å²) in [6.45, 7) is 3.88. The minimum Gasteiger partial charge on any atom is -0.395 e. The Labute approximate surface area is 93.5 Å². The third-order valence-corrected chi connectivity index (χ3v) is 2.48. The van der Waals surface area contributed by atoms with Gasteiger partial charge in [-0.25, -0.2) is 0 Å². The molecule has 90 valence electrons. The fourth-order valence-electron chi connectivity index (χ4n) is 1.88. The van der Waals surface area contributed by atoms with Crippen LogP contribution in [0.15, 0.2) is 11.4 Å². The van der Waals surface area contributed by atoms with Crippen molar-refractivity contribution in [1.82, 2.24) is 5.32 Å². The molecule has 1 rings (SSSR count). The van der Waals surface area contributed by atoms with Crippen molar-refractivity contribution in [3.05, 3.63) is 21.5 Å². The fraction of sp³-hybridized carbons (Fsp3) is 0.700. The molecular weight excluding hydrogens is 212 g/mol. The van der Waals surface area contributed by atoms with Crippen molar-refractivity contribution in [2.24, 2.45) is 5.41 Å². The Balaban J connectivity index is 3.02. The lowest BCUT2D eigenvalue weighted by molar-refractivity contribution is -0.421. The van der Waals surface area contributed by atoms with Crippen molar-refractivity contribution in [3.8, 4) is 0 Å². The first kappa shape index (κ1) is 12.6. The van der Waals surface area contributed by atoms with Crippen molar-refractivity contribution in [3.63, 3.8) is 0 Å². The van der Waals surface area contributed by atoms with Gasteiger partial charge in [0.1, 0.15) is 0 Å². The largest absolute Gasteiger partial charge is 0.395 e. The van der Waals surface area contributed by atoms with Crippen molar-refractivity contribution in [2.45, 2.75) is 26.7 Å². The number of Topliss-reactive ketones (excluding diaryl/α,β-unsaturated/α-hetero) is 1. The summed E-state index contributed by atoms with van der Waals surface area (Å²) < 4.78 is 0. The Morgan fingerprint density at radius 3 is 2.62 bits per heavy atom. The molecule has 0 saturated carbocycles. The average Bonchev–Trinajstić information content (AvgIpc) is 2.10. The van der Waals surface area contributed by atoms with Crippen LogP contribution in [-0.2, 0) is 4.79 Å². The third kappa shape index (κ3) is 2.79. The normalized spacial score (nSPS) is 19.8. The highest BCUT2D eigenvalue weighted by molar-refractivity contribution is 5.95. The Morgan fingerprint density at radius 2 is 2.12 bits per heavy atom. The summed E-state index contributed by atoms with van der Waals surface area (Å²) >= 11 is 0. The third-order valence-electron chi connectivity index (χ3n) is 2.48. The maximum Gasteiger partial charge on any atom is 0.330 e. The maximum atomic E-state index is 11.6. The van der Waals surface area contributed by atoms with Gasteiger partial charge in [0, 0.05) is 13.0 Å². The molecule has 6 nitrogen and oxygen atoms in total. The van der Waals surface area contributed by atoms with Crippen molar-refractivity contribution < 1.29 is 14.8 Å². The first-order valence-electron chi connectivity index (χ1n) is 5.13. The first-order valence-corrected chi connectivity index (χ1v) is 5.13. The van der Waals surface area contributed by atoms with E-state index in [0.29, 0.717) is 12.1 Å². The summed E-state index contributed by atoms with van der Waals surface area (Å²) in [4.78, 5) is 21.8. The standard InChI is InChI=1S/C10H16N2O4/c1-10(2)5-7(11-3-4-13)9(12(15)16)8(14)6-10/h11,13H,3-6H2,1-2H3. The molecule has 0 unspecified atom stereocenters. The zero-order chi connectivity index (χ0) is 12.3. The summed E-state index contributed by atoms with van der Waals surface area (Å²) in [5.41, 5.74) is -0.290. The average molecular weight is 228 g/mol. The van der Waals surface area contributed by atoms with Crippen LogP contribution in [0.25, 0.3) is 0 Å². The van der Waals surface area contributed by atoms with Crippen LogP contribution in [0.4, 0.5) is 0 Å². The quantitative estimate of drug-likeness (QED) is 0.538. The van der Waals surface area contributed by atoms with E-state index in [1.165, 1.54) is 0 Å². The summed E-state index contributed by atoms with van der Waals surface area (Å²) in [7, 11) is 0. The van der Waals surface area contributed by atoms with Crippen molar-refractivity contribution in [1.29, 1.82) is 0 Å². The van der Waals surface area contributed by atoms with E-state index in [1.807, 2.05) is 13.8 Å². The zero-order valence-electron chi connectivity index (χ0n) is 9.45. The second kappa shape index (κ2) is 4.61. The molecule has 0 saturated heterocycles. The van der Waals surface area contributed by atoms with Crippen LogP contribution >= 0.6 is 0 Å². The topological polar surface area (TPSA) is 92.5 Å². The minimum absolute atomic E-state index is 0.122. The maximum absolute atomic E-state index is 11.6. The van der Waals surface area contributed by atoms with E-state index in [2.05, 4.69) is 5.32 Å². The van der Waals surface area contributed by atoms with Gasteiger partial charge in [0.25, 0.3) is 0 Å². The van der Waals surface area contributed by atoms with Crippen LogP contribution in [0.1, 0.15) is 26.7 Å². The summed E-state index contributed by atoms with van der Waals surface area (Å²) in [5.74, 6) is -0.443. The van der Waals surface area contributed by atoms with Gasteiger partial charge in [-0.05, 0) is 11.8 Å². The van der Waals surface area contributed by atoms with E-state index in [4.69, 9.17) is 5.11 Å². The van der Waals surface area contributed by atoms with Crippen LogP contribution in [0.2, 0.25) is 0 Å². The molecule has 0 amide bonds. The van der Waals surface area contributed by atoms with E-state index in [1.54, 1.807) is 0 Å². The molecule has 0 aromatic carbocycles. The number of nitrogens with zero attached hydrogens (tertiary/aromatic N) is 1. The molecule has 16 heavy (non-hydrogen) atoms. The second-order valence-corrected chi connectivity index (χ2v) is 4.68. The predicted octanol–water partition coefficient (Wildman–Crippen LogP) is 0.446. The molecule has 1 aliphatic rings. The lowest BCUT2D eigenvalue weighted by Crippen LogP contribution is -2.34. The number of allylic oxidation sites excluding steroid dienone is 2. The molecular formula is C10H16N2O4. The summed E-state index contributed by atoms with van der Waals surface area (Å²) in [6.07, 6.45) is 0.642. The molecule has 2 N–H and O–H groups in total. The van der Waals surface area contributed by atoms with Crippen LogP contribution in [0.5, 0.6) is 0 Å². The predicted molar refractivity (Wildman–Crippen MR) is 57.1 cm³/mol. The summed E-state index contributed by atoms with van der Waals surface area (Å²) in [5, 5.41) is 22.2. The highest BCUT2D eigenvalue weighted by atomic mass is 16.6. The van der Waals surface area contributed by atoms with Gasteiger partial charge in [-0.15, -0.1) is 0 Å². The molecule has 0 spiro atoms. The Morgan fingerprint density at radius 1 is 1.50 bits per heavy atom. The van der Waals surface area contributed by atoms with Crippen molar-refractivity contribution in [2.75, 3.05) is 13.2 Å². The minimum atomic E-state index is -0.642. The lowest BCUT2D eigenvalue weighted by Gasteiger charge is -2.29. The highest BCUT2D eigenvalue weighted by Crippen LogP contribution is 2.35. The molecule has 0 aromatic heterocycles. The molecule has 0 radical (unpaired) electrons. The first-order chi connectivity index (χ1) is 7.37. The van der Waals surface area contributed by atoms with Gasteiger partial charge in [0.2, 0.25) is 5.78 Å². The van der Waals surface area contributed by atoms with Gasteiger partial charge in [-0.1, -0.05) is 13.8 Å². The lowest BCUT2D eigenvalue weighted by atomic mass is 9.77. The Hall–Kier alpha value is -1.43. The number of nitrogens with one attached hydrogen (secondary N) is 1. The van der Waals surface area contributed by atoms with E-state index >= 15 is 0 Å². The molecule has 1 aliphatic carbocycles. The molecule has 6 heteroatoms. The molecule has 0 aromatic rings. The number of hydrogen-bond donors (Lipinski definition) is 2. The number of hydrogen-bond acceptors (Lipinski definition) is 5. The molecule has 0 aliphatic heterocycles. The number of rotatable bonds is 4. The summed E-state index contributed by atoms with van der Waals surface area (Å²) in [6, 6.07) is 0. The highest BCUT2D eigenvalue weighted by Gasteiger charge is 2.39. The molecule has 0 atom stereocenters. The number of aliphatic hydroxyl groups excluding tert-OH is 1. The van der Waals surface area contributed by atoms with E-state index in [0.717, 1.165) is 0 Å². The fourth-order valence-corrected chi connectivity index (χ4v) is 1.88. The number of carbonyl (C=O) groups is 1. The van der Waals surface area contributed by atoms with Gasteiger partial charge in [-0.3, -0.25) is 14.9 Å². The molecule has 0 heterocycles. The Kier molecular flexibility index (Phi) is 3.64. The van der Waals surface area contributed by atoms with Crippen LogP contribution < -0.4 is 5.32 Å². The van der Waals surface area contributed by atoms with E-state index in [-0.39, 0.29) is 30.7 Å². The second-order valence-electron chi connectivity index (χ2n) is 4.68. The van der Waals surface area contributed by atoms with Crippen LogP contribution in [0.3, 0.4) is 0 Å².